The Bertz CT molecular complexity index is 406. The summed E-state index contributed by atoms with van der Waals surface area (Å²) in [5, 5.41) is 0. The molecule has 1 heteroatoms. The van der Waals surface area contributed by atoms with Gasteiger partial charge in [0.15, 0.2) is 0 Å². The molecule has 1 aromatic rings. The molecule has 0 amide bonds. The summed E-state index contributed by atoms with van der Waals surface area (Å²) in [6.07, 6.45) is 11.8. The highest BCUT2D eigenvalue weighted by atomic mass is 79.9. The largest absolute Gasteiger partial charge is 0.0625 e. The molecule has 2 aliphatic rings. The van der Waals surface area contributed by atoms with E-state index in [2.05, 4.69) is 47.1 Å². The van der Waals surface area contributed by atoms with E-state index in [1.54, 1.807) is 5.56 Å². The molecule has 0 atom stereocenters. The summed E-state index contributed by atoms with van der Waals surface area (Å²) in [6.45, 7) is 2.43. The Kier molecular flexibility index (Phi) is 4.86. The molecule has 0 nitrogen and oxygen atoms in total. The predicted octanol–water partition coefficient (Wildman–Crippen LogP) is 6.55. The summed E-state index contributed by atoms with van der Waals surface area (Å²) in [6, 6.07) is 9.03. The molecule has 3 rings (SSSR count). The summed E-state index contributed by atoms with van der Waals surface area (Å²) < 4.78 is 1.20. The van der Waals surface area contributed by atoms with Crippen molar-refractivity contribution in [1.82, 2.24) is 0 Å². The first-order valence-electron chi connectivity index (χ1n) is 8.48. The van der Waals surface area contributed by atoms with E-state index in [9.17, 15) is 0 Å². The highest BCUT2D eigenvalue weighted by Crippen LogP contribution is 2.43. The third kappa shape index (κ3) is 3.47. The Morgan fingerprint density at radius 2 is 1.25 bits per heavy atom. The van der Waals surface area contributed by atoms with Gasteiger partial charge in [0.1, 0.15) is 0 Å². The molecule has 0 aliphatic heterocycles. The van der Waals surface area contributed by atoms with Gasteiger partial charge in [-0.05, 0) is 79.9 Å². The van der Waals surface area contributed by atoms with Crippen molar-refractivity contribution in [2.75, 3.05) is 0 Å². The first kappa shape index (κ1) is 14.6. The second kappa shape index (κ2) is 6.64. The highest BCUT2D eigenvalue weighted by molar-refractivity contribution is 9.10. The first-order chi connectivity index (χ1) is 9.72. The zero-order chi connectivity index (χ0) is 13.9. The molecule has 2 saturated carbocycles. The number of rotatable bonds is 2. The first-order valence-corrected chi connectivity index (χ1v) is 9.27. The topological polar surface area (TPSA) is 0 Å². The lowest BCUT2D eigenvalue weighted by Gasteiger charge is -2.37. The van der Waals surface area contributed by atoms with Crippen molar-refractivity contribution in [2.45, 2.75) is 64.2 Å². The Hall–Kier alpha value is -0.300. The Morgan fingerprint density at radius 3 is 1.80 bits per heavy atom. The lowest BCUT2D eigenvalue weighted by Crippen LogP contribution is -2.24. The third-order valence-electron chi connectivity index (χ3n) is 5.84. The van der Waals surface area contributed by atoms with E-state index < -0.39 is 0 Å². The predicted molar refractivity (Wildman–Crippen MR) is 90.0 cm³/mol. The molecule has 0 radical (unpaired) electrons. The maximum atomic E-state index is 3.54. The van der Waals surface area contributed by atoms with Gasteiger partial charge in [-0.1, -0.05) is 47.8 Å². The molecule has 2 aliphatic carbocycles. The molecule has 20 heavy (non-hydrogen) atoms. The van der Waals surface area contributed by atoms with Crippen molar-refractivity contribution in [1.29, 1.82) is 0 Å². The average Bonchev–Trinajstić information content (AvgIpc) is 2.49. The van der Waals surface area contributed by atoms with Crippen LogP contribution >= 0.6 is 15.9 Å². The summed E-state index contributed by atoms with van der Waals surface area (Å²) in [4.78, 5) is 0. The highest BCUT2D eigenvalue weighted by Gasteiger charge is 2.30. The van der Waals surface area contributed by atoms with Gasteiger partial charge in [-0.3, -0.25) is 0 Å². The van der Waals surface area contributed by atoms with E-state index in [-0.39, 0.29) is 0 Å². The van der Waals surface area contributed by atoms with Gasteiger partial charge in [-0.2, -0.15) is 0 Å². The van der Waals surface area contributed by atoms with Gasteiger partial charge in [0.2, 0.25) is 0 Å². The van der Waals surface area contributed by atoms with Crippen molar-refractivity contribution < 1.29 is 0 Å². The minimum atomic E-state index is 0.821. The van der Waals surface area contributed by atoms with Crippen molar-refractivity contribution in [3.63, 3.8) is 0 Å². The van der Waals surface area contributed by atoms with E-state index in [0.717, 1.165) is 23.7 Å². The minimum absolute atomic E-state index is 0.821. The van der Waals surface area contributed by atoms with Crippen LogP contribution in [0.4, 0.5) is 0 Å². The van der Waals surface area contributed by atoms with Crippen molar-refractivity contribution in [3.8, 4) is 0 Å². The molecule has 0 aromatic heterocycles. The maximum Gasteiger partial charge on any atom is 0.0175 e. The number of hydrogen-bond donors (Lipinski definition) is 0. The maximum absolute atomic E-state index is 3.54. The summed E-state index contributed by atoms with van der Waals surface area (Å²) >= 11 is 3.54. The van der Waals surface area contributed by atoms with Gasteiger partial charge < -0.3 is 0 Å². The van der Waals surface area contributed by atoms with Crippen molar-refractivity contribution in [3.05, 3.63) is 34.3 Å². The monoisotopic (exact) mass is 334 g/mol. The van der Waals surface area contributed by atoms with Gasteiger partial charge >= 0.3 is 0 Å². The number of hydrogen-bond acceptors (Lipinski definition) is 0. The Labute approximate surface area is 132 Å². The van der Waals surface area contributed by atoms with E-state index in [1.807, 2.05) is 0 Å². The van der Waals surface area contributed by atoms with E-state index in [4.69, 9.17) is 0 Å². The number of benzene rings is 1. The Balaban J connectivity index is 1.53. The van der Waals surface area contributed by atoms with Crippen molar-refractivity contribution >= 4 is 15.9 Å². The van der Waals surface area contributed by atoms with Crippen LogP contribution in [-0.2, 0) is 0 Å². The molecule has 0 unspecified atom stereocenters. The molecule has 0 saturated heterocycles. The van der Waals surface area contributed by atoms with Crippen LogP contribution in [0.5, 0.6) is 0 Å². The van der Waals surface area contributed by atoms with Gasteiger partial charge in [0.25, 0.3) is 0 Å². The second-order valence-electron chi connectivity index (χ2n) is 7.18. The summed E-state index contributed by atoms with van der Waals surface area (Å²) in [5.41, 5.74) is 1.56. The molecular weight excluding hydrogens is 308 g/mol. The fraction of sp³-hybridized carbons (Fsp3) is 0.684. The second-order valence-corrected chi connectivity index (χ2v) is 8.10. The lowest BCUT2D eigenvalue weighted by atomic mass is 9.68. The van der Waals surface area contributed by atoms with Crippen molar-refractivity contribution in [2.24, 2.45) is 17.8 Å². The van der Waals surface area contributed by atoms with E-state index >= 15 is 0 Å². The minimum Gasteiger partial charge on any atom is -0.0625 e. The van der Waals surface area contributed by atoms with Crippen LogP contribution in [0.3, 0.4) is 0 Å². The smallest absolute Gasteiger partial charge is 0.0175 e. The van der Waals surface area contributed by atoms with Crippen LogP contribution in [0.1, 0.15) is 69.8 Å². The normalized spacial score (nSPS) is 34.9. The SMILES string of the molecule is CC1CCC(C2CCC(c3ccc(Br)cc3)CC2)CC1. The number of halogens is 1. The quantitative estimate of drug-likeness (QED) is 0.575. The Morgan fingerprint density at radius 1 is 0.750 bits per heavy atom. The average molecular weight is 335 g/mol. The van der Waals surface area contributed by atoms with Gasteiger partial charge in [0.05, 0.1) is 0 Å². The molecule has 0 spiro atoms. The standard InChI is InChI=1S/C19H27Br/c1-14-2-4-15(5-3-14)16-6-8-17(9-7-16)18-10-12-19(20)13-11-18/h10-17H,2-9H2,1H3. The zero-order valence-corrected chi connectivity index (χ0v) is 14.2. The van der Waals surface area contributed by atoms with Crippen LogP contribution in [0.2, 0.25) is 0 Å². The van der Waals surface area contributed by atoms with Crippen LogP contribution in [0, 0.1) is 17.8 Å². The molecular formula is C19H27Br. The third-order valence-corrected chi connectivity index (χ3v) is 6.37. The van der Waals surface area contributed by atoms with Crippen LogP contribution in [-0.4, -0.2) is 0 Å². The fourth-order valence-electron chi connectivity index (χ4n) is 4.42. The fourth-order valence-corrected chi connectivity index (χ4v) is 4.68. The van der Waals surface area contributed by atoms with Crippen LogP contribution < -0.4 is 0 Å². The summed E-state index contributed by atoms with van der Waals surface area (Å²) in [7, 11) is 0. The molecule has 0 bridgehead atoms. The zero-order valence-electron chi connectivity index (χ0n) is 12.7. The molecule has 0 heterocycles. The molecule has 2 fully saturated rings. The molecule has 1 aromatic carbocycles. The van der Waals surface area contributed by atoms with Gasteiger partial charge in [-0.15, -0.1) is 0 Å². The van der Waals surface area contributed by atoms with Crippen LogP contribution in [0.25, 0.3) is 0 Å². The lowest BCUT2D eigenvalue weighted by molar-refractivity contribution is 0.165. The van der Waals surface area contributed by atoms with Gasteiger partial charge in [-0.25, -0.2) is 0 Å². The molecule has 0 N–H and O–H groups in total. The van der Waals surface area contributed by atoms with Crippen LogP contribution in [0.15, 0.2) is 28.7 Å². The van der Waals surface area contributed by atoms with Gasteiger partial charge in [0, 0.05) is 4.47 Å². The molecule has 110 valence electrons. The van der Waals surface area contributed by atoms with E-state index in [0.29, 0.717) is 0 Å². The summed E-state index contributed by atoms with van der Waals surface area (Å²) in [5.74, 6) is 3.90. The van der Waals surface area contributed by atoms with E-state index in [1.165, 1.54) is 55.8 Å².